The maximum Gasteiger partial charge on any atom is 0.325 e. The van der Waals surface area contributed by atoms with Crippen LogP contribution in [0.5, 0.6) is 11.5 Å². The number of ether oxygens (including phenoxy) is 2. The Kier molecular flexibility index (Phi) is 4.04. The first-order valence-corrected chi connectivity index (χ1v) is 7.76. The summed E-state index contributed by atoms with van der Waals surface area (Å²) in [7, 11) is 0. The number of nitrogens with zero attached hydrogens (tertiary/aromatic N) is 1. The van der Waals surface area contributed by atoms with Crippen molar-refractivity contribution in [2.75, 3.05) is 19.9 Å². The van der Waals surface area contributed by atoms with E-state index in [9.17, 15) is 14.4 Å². The maximum absolute atomic E-state index is 12.7. The van der Waals surface area contributed by atoms with E-state index in [0.717, 1.165) is 11.3 Å². The van der Waals surface area contributed by atoms with Gasteiger partial charge in [0.15, 0.2) is 11.5 Å². The van der Waals surface area contributed by atoms with Gasteiger partial charge in [-0.25, -0.2) is 4.79 Å². The monoisotopic (exact) mass is 333 g/mol. The molecule has 1 aromatic rings. The van der Waals surface area contributed by atoms with Crippen LogP contribution in [0, 0.1) is 0 Å². The van der Waals surface area contributed by atoms with Gasteiger partial charge in [0.25, 0.3) is 5.91 Å². The van der Waals surface area contributed by atoms with Gasteiger partial charge in [-0.05, 0) is 31.0 Å². The van der Waals surface area contributed by atoms with Gasteiger partial charge in [-0.1, -0.05) is 13.0 Å². The van der Waals surface area contributed by atoms with Crippen LogP contribution in [0.1, 0.15) is 25.8 Å². The second-order valence-corrected chi connectivity index (χ2v) is 5.86. The Morgan fingerprint density at radius 1 is 1.33 bits per heavy atom. The predicted molar refractivity (Wildman–Crippen MR) is 83.5 cm³/mol. The second-order valence-electron chi connectivity index (χ2n) is 5.86. The van der Waals surface area contributed by atoms with Crippen LogP contribution >= 0.6 is 0 Å². The number of carbonyl (C=O) groups is 3. The number of imide groups is 1. The molecule has 2 N–H and O–H groups in total. The van der Waals surface area contributed by atoms with Crippen molar-refractivity contribution in [3.63, 3.8) is 0 Å². The van der Waals surface area contributed by atoms with E-state index in [1.54, 1.807) is 25.1 Å². The Morgan fingerprint density at radius 2 is 2.08 bits per heavy atom. The Bertz CT molecular complexity index is 705. The Labute approximate surface area is 139 Å². The molecule has 2 heterocycles. The molecule has 1 aromatic carbocycles. The zero-order valence-corrected chi connectivity index (χ0v) is 13.5. The first-order chi connectivity index (χ1) is 11.5. The van der Waals surface area contributed by atoms with Gasteiger partial charge in [0, 0.05) is 6.54 Å². The molecule has 8 nitrogen and oxygen atoms in total. The van der Waals surface area contributed by atoms with Gasteiger partial charge in [0.05, 0.1) is 0 Å². The molecule has 2 aliphatic rings. The van der Waals surface area contributed by atoms with Crippen LogP contribution in [-0.4, -0.2) is 42.6 Å². The van der Waals surface area contributed by atoms with Crippen molar-refractivity contribution in [1.82, 2.24) is 15.5 Å². The van der Waals surface area contributed by atoms with Crippen LogP contribution in [0.3, 0.4) is 0 Å². The van der Waals surface area contributed by atoms with E-state index in [4.69, 9.17) is 9.47 Å². The van der Waals surface area contributed by atoms with Crippen LogP contribution in [0.15, 0.2) is 18.2 Å². The summed E-state index contributed by atoms with van der Waals surface area (Å²) in [5.41, 5.74) is -0.676. The highest BCUT2D eigenvalue weighted by Crippen LogP contribution is 2.37. The maximum atomic E-state index is 12.7. The lowest BCUT2D eigenvalue weighted by Crippen LogP contribution is -2.43. The summed E-state index contributed by atoms with van der Waals surface area (Å²) in [5, 5.41) is 5.31. The van der Waals surface area contributed by atoms with Crippen LogP contribution in [0.4, 0.5) is 4.79 Å². The lowest BCUT2D eigenvalue weighted by atomic mass is 9.91. The zero-order valence-electron chi connectivity index (χ0n) is 13.5. The molecule has 24 heavy (non-hydrogen) atoms. The molecule has 1 fully saturated rings. The largest absolute Gasteiger partial charge is 0.454 e. The minimum atomic E-state index is -1.25. The third-order valence-corrected chi connectivity index (χ3v) is 4.10. The number of benzene rings is 1. The number of amides is 4. The second kappa shape index (κ2) is 6.03. The summed E-state index contributed by atoms with van der Waals surface area (Å²) < 4.78 is 10.6. The van der Waals surface area contributed by atoms with Crippen molar-refractivity contribution in [3.8, 4) is 11.5 Å². The summed E-state index contributed by atoms with van der Waals surface area (Å²) in [6.45, 7) is 3.85. The standard InChI is InChI=1S/C16H19N3O5/c1-3-6-17-13(20)8-19-14(21)16(2,18-15(19)22)10-4-5-11-12(7-10)24-9-23-11/h4-5,7H,3,6,8-9H2,1-2H3,(H,17,20)(H,18,22)/t16-/m0/s1. The Morgan fingerprint density at radius 3 is 2.83 bits per heavy atom. The first kappa shape index (κ1) is 16.1. The SMILES string of the molecule is CCCNC(=O)CN1C(=O)N[C@@](C)(c2ccc3c(c2)OCO3)C1=O. The molecule has 0 aromatic heterocycles. The highest BCUT2D eigenvalue weighted by atomic mass is 16.7. The van der Waals surface area contributed by atoms with E-state index >= 15 is 0 Å². The number of carbonyl (C=O) groups excluding carboxylic acids is 3. The smallest absolute Gasteiger partial charge is 0.325 e. The van der Waals surface area contributed by atoms with Crippen molar-refractivity contribution in [1.29, 1.82) is 0 Å². The van der Waals surface area contributed by atoms with Crippen molar-refractivity contribution in [2.45, 2.75) is 25.8 Å². The zero-order chi connectivity index (χ0) is 17.3. The molecule has 2 aliphatic heterocycles. The fraction of sp³-hybridized carbons (Fsp3) is 0.438. The molecule has 0 aliphatic carbocycles. The Balaban J connectivity index is 1.80. The van der Waals surface area contributed by atoms with E-state index < -0.39 is 17.5 Å². The predicted octanol–water partition coefficient (Wildman–Crippen LogP) is 0.708. The lowest BCUT2D eigenvalue weighted by Gasteiger charge is -2.22. The van der Waals surface area contributed by atoms with E-state index in [-0.39, 0.29) is 19.2 Å². The molecule has 128 valence electrons. The lowest BCUT2D eigenvalue weighted by molar-refractivity contribution is -0.134. The van der Waals surface area contributed by atoms with Crippen molar-refractivity contribution < 1.29 is 23.9 Å². The summed E-state index contributed by atoms with van der Waals surface area (Å²) in [6, 6.07) is 4.47. The van der Waals surface area contributed by atoms with E-state index in [1.807, 2.05) is 6.92 Å². The average Bonchev–Trinajstić information content (AvgIpc) is 3.11. The summed E-state index contributed by atoms with van der Waals surface area (Å²) in [4.78, 5) is 37.7. The molecular weight excluding hydrogens is 314 g/mol. The van der Waals surface area contributed by atoms with Gasteiger partial charge >= 0.3 is 6.03 Å². The van der Waals surface area contributed by atoms with Crippen molar-refractivity contribution in [3.05, 3.63) is 23.8 Å². The van der Waals surface area contributed by atoms with E-state index in [1.165, 1.54) is 0 Å². The summed E-state index contributed by atoms with van der Waals surface area (Å²) >= 11 is 0. The molecule has 4 amide bonds. The van der Waals surface area contributed by atoms with Crippen LogP contribution in [0.25, 0.3) is 0 Å². The van der Waals surface area contributed by atoms with Gasteiger partial charge in [0.1, 0.15) is 12.1 Å². The number of hydrogen-bond acceptors (Lipinski definition) is 5. The first-order valence-electron chi connectivity index (χ1n) is 7.76. The molecule has 0 radical (unpaired) electrons. The molecule has 1 atom stereocenters. The fourth-order valence-corrected chi connectivity index (χ4v) is 2.71. The molecule has 0 spiro atoms. The number of fused-ring (bicyclic) bond motifs is 1. The quantitative estimate of drug-likeness (QED) is 0.774. The van der Waals surface area contributed by atoms with Gasteiger partial charge in [-0.2, -0.15) is 0 Å². The van der Waals surface area contributed by atoms with Crippen molar-refractivity contribution >= 4 is 17.8 Å². The topological polar surface area (TPSA) is 97.0 Å². The Hall–Kier alpha value is -2.77. The normalized spacial score (nSPS) is 21.8. The highest BCUT2D eigenvalue weighted by Gasteiger charge is 2.49. The third-order valence-electron chi connectivity index (χ3n) is 4.10. The fourth-order valence-electron chi connectivity index (χ4n) is 2.71. The number of nitrogens with one attached hydrogen (secondary N) is 2. The molecule has 0 bridgehead atoms. The summed E-state index contributed by atoms with van der Waals surface area (Å²) in [6.07, 6.45) is 0.779. The minimum absolute atomic E-state index is 0.125. The minimum Gasteiger partial charge on any atom is -0.454 e. The van der Waals surface area contributed by atoms with Crippen LogP contribution in [-0.2, 0) is 15.1 Å². The average molecular weight is 333 g/mol. The number of rotatable bonds is 5. The number of urea groups is 1. The van der Waals surface area contributed by atoms with Crippen LogP contribution < -0.4 is 20.1 Å². The van der Waals surface area contributed by atoms with Gasteiger partial charge in [-0.3, -0.25) is 14.5 Å². The molecule has 1 saturated heterocycles. The molecule has 8 heteroatoms. The molecule has 3 rings (SSSR count). The number of hydrogen-bond donors (Lipinski definition) is 2. The van der Waals surface area contributed by atoms with Crippen LogP contribution in [0.2, 0.25) is 0 Å². The third kappa shape index (κ3) is 2.64. The van der Waals surface area contributed by atoms with Gasteiger partial charge in [0.2, 0.25) is 12.7 Å². The van der Waals surface area contributed by atoms with Crippen molar-refractivity contribution in [2.24, 2.45) is 0 Å². The van der Waals surface area contributed by atoms with E-state index in [0.29, 0.717) is 23.6 Å². The molecule has 0 saturated carbocycles. The van der Waals surface area contributed by atoms with E-state index in [2.05, 4.69) is 10.6 Å². The highest BCUT2D eigenvalue weighted by molar-refractivity contribution is 6.09. The van der Waals surface area contributed by atoms with Gasteiger partial charge in [-0.15, -0.1) is 0 Å². The van der Waals surface area contributed by atoms with Gasteiger partial charge < -0.3 is 20.1 Å². The molecule has 0 unspecified atom stereocenters. The summed E-state index contributed by atoms with van der Waals surface area (Å²) in [5.74, 6) is 0.276. The molecular formula is C16H19N3O5.